The van der Waals surface area contributed by atoms with E-state index in [4.69, 9.17) is 14.2 Å². The number of ether oxygens (including phenoxy) is 3. The van der Waals surface area contributed by atoms with Crippen molar-refractivity contribution in [2.45, 2.75) is 40.2 Å². The summed E-state index contributed by atoms with van der Waals surface area (Å²) in [5, 5.41) is 0. The van der Waals surface area contributed by atoms with Crippen LogP contribution in [-0.4, -0.2) is 20.3 Å². The second-order valence-corrected chi connectivity index (χ2v) is 6.62. The molecule has 0 amide bonds. The van der Waals surface area contributed by atoms with Crippen LogP contribution in [0.4, 0.5) is 0 Å². The Morgan fingerprint density at radius 3 is 2.55 bits per heavy atom. The van der Waals surface area contributed by atoms with E-state index in [0.29, 0.717) is 5.92 Å². The van der Waals surface area contributed by atoms with Crippen LogP contribution in [0.2, 0.25) is 0 Å². The van der Waals surface area contributed by atoms with Crippen molar-refractivity contribution in [2.24, 2.45) is 11.3 Å². The van der Waals surface area contributed by atoms with E-state index in [1.807, 2.05) is 12.1 Å². The van der Waals surface area contributed by atoms with Crippen molar-refractivity contribution in [1.29, 1.82) is 0 Å². The second-order valence-electron chi connectivity index (χ2n) is 6.62. The van der Waals surface area contributed by atoms with Crippen molar-refractivity contribution in [3.8, 4) is 11.5 Å². The molecule has 3 heteroatoms. The monoisotopic (exact) mass is 278 g/mol. The van der Waals surface area contributed by atoms with Gasteiger partial charge in [-0.1, -0.05) is 33.8 Å². The summed E-state index contributed by atoms with van der Waals surface area (Å²) in [6, 6.07) is 6.11. The first-order chi connectivity index (χ1) is 9.44. The van der Waals surface area contributed by atoms with Gasteiger partial charge in [0.1, 0.15) is 0 Å². The van der Waals surface area contributed by atoms with Gasteiger partial charge in [-0.15, -0.1) is 0 Å². The topological polar surface area (TPSA) is 27.7 Å². The summed E-state index contributed by atoms with van der Waals surface area (Å²) >= 11 is 0. The number of hydrogen-bond donors (Lipinski definition) is 0. The highest BCUT2D eigenvalue weighted by Crippen LogP contribution is 2.47. The predicted octanol–water partition coefficient (Wildman–Crippen LogP) is 4.22. The number of benzene rings is 1. The Balaban J connectivity index is 2.08. The molecule has 1 aromatic carbocycles. The lowest BCUT2D eigenvalue weighted by molar-refractivity contribution is -0.172. The average molecular weight is 278 g/mol. The molecule has 0 bridgehead atoms. The minimum atomic E-state index is 0.154. The van der Waals surface area contributed by atoms with E-state index in [0.717, 1.165) is 36.7 Å². The van der Waals surface area contributed by atoms with E-state index in [1.54, 1.807) is 7.11 Å². The van der Waals surface area contributed by atoms with Gasteiger partial charge in [0.2, 0.25) is 0 Å². The maximum atomic E-state index is 5.81. The van der Waals surface area contributed by atoms with Gasteiger partial charge >= 0.3 is 0 Å². The number of rotatable bonds is 6. The smallest absolute Gasteiger partial charge is 0.161 e. The lowest BCUT2D eigenvalue weighted by Crippen LogP contribution is -2.40. The highest BCUT2D eigenvalue weighted by Gasteiger charge is 2.41. The van der Waals surface area contributed by atoms with Crippen molar-refractivity contribution in [2.75, 3.05) is 20.3 Å². The maximum Gasteiger partial charge on any atom is 0.161 e. The molecule has 3 nitrogen and oxygen atoms in total. The summed E-state index contributed by atoms with van der Waals surface area (Å²) in [6.07, 6.45) is 1.20. The van der Waals surface area contributed by atoms with Crippen LogP contribution in [0.5, 0.6) is 11.5 Å². The lowest BCUT2D eigenvalue weighted by Gasteiger charge is -2.44. The van der Waals surface area contributed by atoms with Crippen LogP contribution in [0.15, 0.2) is 18.2 Å². The molecule has 1 heterocycles. The lowest BCUT2D eigenvalue weighted by atomic mass is 9.79. The fraction of sp³-hybridized carbons (Fsp3) is 0.647. The molecule has 1 aliphatic rings. The Hall–Kier alpha value is -1.22. The van der Waals surface area contributed by atoms with Gasteiger partial charge in [0.25, 0.3) is 0 Å². The molecule has 1 aromatic rings. The molecule has 112 valence electrons. The third-order valence-electron chi connectivity index (χ3n) is 3.77. The Morgan fingerprint density at radius 1 is 1.30 bits per heavy atom. The first kappa shape index (κ1) is 15.2. The van der Waals surface area contributed by atoms with Crippen LogP contribution >= 0.6 is 0 Å². The fourth-order valence-electron chi connectivity index (χ4n) is 2.42. The van der Waals surface area contributed by atoms with E-state index in [1.165, 1.54) is 0 Å². The van der Waals surface area contributed by atoms with Crippen LogP contribution in [0, 0.1) is 11.3 Å². The highest BCUT2D eigenvalue weighted by atomic mass is 16.5. The zero-order chi connectivity index (χ0) is 14.8. The summed E-state index contributed by atoms with van der Waals surface area (Å²) in [6.45, 7) is 10.4. The molecule has 1 fully saturated rings. The van der Waals surface area contributed by atoms with E-state index >= 15 is 0 Å². The molecule has 0 saturated carbocycles. The van der Waals surface area contributed by atoms with Crippen LogP contribution in [0.3, 0.4) is 0 Å². The van der Waals surface area contributed by atoms with Gasteiger partial charge in [-0.05, 0) is 30.0 Å². The standard InChI is InChI=1S/C17H26O3/c1-12(2)8-9-19-14-7-6-13(10-15(14)18-5)16-17(3,4)11-20-16/h6-7,10,12,16H,8-9,11H2,1-5H3. The van der Waals surface area contributed by atoms with E-state index in [2.05, 4.69) is 33.8 Å². The van der Waals surface area contributed by atoms with Gasteiger partial charge in [-0.3, -0.25) is 0 Å². The first-order valence-electron chi connectivity index (χ1n) is 7.36. The summed E-state index contributed by atoms with van der Waals surface area (Å²) in [5.41, 5.74) is 1.36. The van der Waals surface area contributed by atoms with Crippen LogP contribution in [-0.2, 0) is 4.74 Å². The third-order valence-corrected chi connectivity index (χ3v) is 3.77. The Kier molecular flexibility index (Phi) is 4.59. The zero-order valence-corrected chi connectivity index (χ0v) is 13.2. The number of hydrogen-bond acceptors (Lipinski definition) is 3. The predicted molar refractivity (Wildman–Crippen MR) is 80.4 cm³/mol. The average Bonchev–Trinajstić information content (AvgIpc) is 2.38. The van der Waals surface area contributed by atoms with Gasteiger partial charge in [0.15, 0.2) is 11.5 Å². The van der Waals surface area contributed by atoms with E-state index in [-0.39, 0.29) is 11.5 Å². The van der Waals surface area contributed by atoms with E-state index < -0.39 is 0 Å². The third kappa shape index (κ3) is 3.26. The highest BCUT2D eigenvalue weighted by molar-refractivity contribution is 5.44. The summed E-state index contributed by atoms with van der Waals surface area (Å²) in [7, 11) is 1.68. The Bertz CT molecular complexity index is 452. The molecular formula is C17H26O3. The largest absolute Gasteiger partial charge is 0.493 e. The molecule has 0 radical (unpaired) electrons. The van der Waals surface area contributed by atoms with Gasteiger partial charge in [-0.25, -0.2) is 0 Å². The fourth-order valence-corrected chi connectivity index (χ4v) is 2.42. The molecule has 0 aliphatic carbocycles. The molecule has 1 unspecified atom stereocenters. The molecule has 1 aliphatic heterocycles. The Morgan fingerprint density at radius 2 is 2.05 bits per heavy atom. The van der Waals surface area contributed by atoms with Gasteiger partial charge < -0.3 is 14.2 Å². The first-order valence-corrected chi connectivity index (χ1v) is 7.36. The minimum Gasteiger partial charge on any atom is -0.493 e. The van der Waals surface area contributed by atoms with E-state index in [9.17, 15) is 0 Å². The molecule has 1 saturated heterocycles. The van der Waals surface area contributed by atoms with Crippen molar-refractivity contribution in [3.63, 3.8) is 0 Å². The molecule has 0 N–H and O–H groups in total. The Labute approximate surface area is 122 Å². The molecule has 2 rings (SSSR count). The van der Waals surface area contributed by atoms with Gasteiger partial charge in [0.05, 0.1) is 26.4 Å². The minimum absolute atomic E-state index is 0.154. The van der Waals surface area contributed by atoms with Gasteiger partial charge in [0, 0.05) is 5.41 Å². The van der Waals surface area contributed by atoms with Crippen molar-refractivity contribution >= 4 is 0 Å². The zero-order valence-electron chi connectivity index (χ0n) is 13.2. The van der Waals surface area contributed by atoms with Crippen molar-refractivity contribution in [1.82, 2.24) is 0 Å². The molecule has 0 aromatic heterocycles. The van der Waals surface area contributed by atoms with Gasteiger partial charge in [-0.2, -0.15) is 0 Å². The summed E-state index contributed by atoms with van der Waals surface area (Å²) in [4.78, 5) is 0. The molecule has 20 heavy (non-hydrogen) atoms. The molecular weight excluding hydrogens is 252 g/mol. The second kappa shape index (κ2) is 6.04. The normalized spacial score (nSPS) is 20.6. The number of methoxy groups -OCH3 is 1. The molecule has 1 atom stereocenters. The SMILES string of the molecule is COc1cc(C2OCC2(C)C)ccc1OCCC(C)C. The quantitative estimate of drug-likeness (QED) is 0.780. The maximum absolute atomic E-state index is 5.81. The summed E-state index contributed by atoms with van der Waals surface area (Å²) in [5.74, 6) is 2.25. The van der Waals surface area contributed by atoms with Crippen LogP contribution in [0.25, 0.3) is 0 Å². The van der Waals surface area contributed by atoms with Crippen LogP contribution in [0.1, 0.15) is 45.8 Å². The van der Waals surface area contributed by atoms with Crippen molar-refractivity contribution in [3.05, 3.63) is 23.8 Å². The van der Waals surface area contributed by atoms with Crippen molar-refractivity contribution < 1.29 is 14.2 Å². The summed E-state index contributed by atoms with van der Waals surface area (Å²) < 4.78 is 16.9. The van der Waals surface area contributed by atoms with Crippen LogP contribution < -0.4 is 9.47 Å². The molecule has 0 spiro atoms.